The van der Waals surface area contributed by atoms with Crippen LogP contribution in [0.1, 0.15) is 15.9 Å². The second-order valence-corrected chi connectivity index (χ2v) is 5.36. The largest absolute Gasteiger partial charge is 0.493 e. The summed E-state index contributed by atoms with van der Waals surface area (Å²) in [5, 5.41) is 29.3. The number of carbonyl (C=O) groups excluding carboxylic acids is 1. The van der Waals surface area contributed by atoms with Crippen molar-refractivity contribution in [3.63, 3.8) is 0 Å². The Morgan fingerprint density at radius 2 is 1.86 bits per heavy atom. The number of methoxy groups -OCH3 is 1. The zero-order chi connectivity index (χ0) is 20.5. The molecule has 2 aromatic rings. The molecule has 2 rings (SSSR count). The summed E-state index contributed by atoms with van der Waals surface area (Å²) in [5.41, 5.74) is 0.804. The van der Waals surface area contributed by atoms with E-state index in [9.17, 15) is 14.9 Å². The van der Waals surface area contributed by atoms with E-state index in [1.807, 2.05) is 12.1 Å². The highest BCUT2D eigenvalue weighted by atomic mass is 16.5. The van der Waals surface area contributed by atoms with Gasteiger partial charge in [-0.3, -0.25) is 4.79 Å². The van der Waals surface area contributed by atoms with Crippen molar-refractivity contribution in [2.75, 3.05) is 19.0 Å². The predicted octanol–water partition coefficient (Wildman–Crippen LogP) is 2.84. The quantitative estimate of drug-likeness (QED) is 0.560. The summed E-state index contributed by atoms with van der Waals surface area (Å²) in [6.07, 6.45) is 1.37. The number of amides is 1. The summed E-state index contributed by atoms with van der Waals surface area (Å²) in [4.78, 5) is 23.2. The molecule has 0 atom stereocenters. The van der Waals surface area contributed by atoms with E-state index in [1.165, 1.54) is 37.5 Å². The van der Waals surface area contributed by atoms with E-state index < -0.39 is 11.9 Å². The molecule has 140 valence electrons. The molecule has 8 heteroatoms. The molecule has 0 radical (unpaired) electrons. The monoisotopic (exact) mass is 377 g/mol. The summed E-state index contributed by atoms with van der Waals surface area (Å²) in [6, 6.07) is 14.0. The average Bonchev–Trinajstić information content (AvgIpc) is 2.71. The van der Waals surface area contributed by atoms with E-state index in [2.05, 4.69) is 5.32 Å². The highest BCUT2D eigenvalue weighted by Gasteiger charge is 2.12. The lowest BCUT2D eigenvalue weighted by Gasteiger charge is -2.09. The first-order valence-electron chi connectivity index (χ1n) is 7.92. The number of hydrogen-bond acceptors (Lipinski definition) is 6. The molecule has 28 heavy (non-hydrogen) atoms. The summed E-state index contributed by atoms with van der Waals surface area (Å²) in [7, 11) is 1.43. The van der Waals surface area contributed by atoms with Crippen LogP contribution in [0.4, 0.5) is 5.69 Å². The minimum absolute atomic E-state index is 0.0832. The van der Waals surface area contributed by atoms with Crippen molar-refractivity contribution >= 4 is 23.6 Å². The number of rotatable bonds is 7. The number of ether oxygens (including phenoxy) is 2. The van der Waals surface area contributed by atoms with E-state index in [0.717, 1.165) is 0 Å². The van der Waals surface area contributed by atoms with Crippen LogP contribution in [0, 0.1) is 22.7 Å². The van der Waals surface area contributed by atoms with Crippen LogP contribution in [0.15, 0.2) is 48.0 Å². The summed E-state index contributed by atoms with van der Waals surface area (Å²) >= 11 is 0. The SMILES string of the molecule is COc1cc(/C=C(\C#N)C(=O)Nc2ccc(C(=O)O)cc2)ccc1OCC#N. The number of carboxylic acid groups (broad SMARTS) is 1. The smallest absolute Gasteiger partial charge is 0.335 e. The fraction of sp³-hybridized carbons (Fsp3) is 0.100. The van der Waals surface area contributed by atoms with Gasteiger partial charge in [-0.1, -0.05) is 6.07 Å². The molecule has 1 amide bonds. The minimum atomic E-state index is -1.08. The molecule has 0 unspecified atom stereocenters. The Kier molecular flexibility index (Phi) is 6.73. The Balaban J connectivity index is 2.20. The van der Waals surface area contributed by atoms with E-state index in [-0.39, 0.29) is 17.7 Å². The Morgan fingerprint density at radius 3 is 2.43 bits per heavy atom. The number of nitrogens with zero attached hydrogens (tertiary/aromatic N) is 2. The molecule has 0 aromatic heterocycles. The Hall–Kier alpha value is -4.30. The minimum Gasteiger partial charge on any atom is -0.493 e. The zero-order valence-corrected chi connectivity index (χ0v) is 14.8. The van der Waals surface area contributed by atoms with Crippen molar-refractivity contribution in [1.29, 1.82) is 10.5 Å². The maximum atomic E-state index is 12.3. The molecule has 0 bridgehead atoms. The maximum absolute atomic E-state index is 12.3. The maximum Gasteiger partial charge on any atom is 0.335 e. The van der Waals surface area contributed by atoms with Gasteiger partial charge in [0.25, 0.3) is 5.91 Å². The van der Waals surface area contributed by atoms with Crippen LogP contribution in [0.2, 0.25) is 0 Å². The summed E-state index contributed by atoms with van der Waals surface area (Å²) < 4.78 is 10.4. The highest BCUT2D eigenvalue weighted by molar-refractivity contribution is 6.09. The lowest BCUT2D eigenvalue weighted by atomic mass is 10.1. The van der Waals surface area contributed by atoms with Crippen LogP contribution in [0.3, 0.4) is 0 Å². The van der Waals surface area contributed by atoms with Gasteiger partial charge >= 0.3 is 5.97 Å². The van der Waals surface area contributed by atoms with E-state index in [1.54, 1.807) is 18.2 Å². The number of benzene rings is 2. The topological polar surface area (TPSA) is 132 Å². The number of anilines is 1. The molecule has 2 aromatic carbocycles. The van der Waals surface area contributed by atoms with Gasteiger partial charge in [0.15, 0.2) is 18.1 Å². The summed E-state index contributed by atoms with van der Waals surface area (Å²) in [6.45, 7) is -0.141. The molecule has 2 N–H and O–H groups in total. The molecule has 0 heterocycles. The van der Waals surface area contributed by atoms with Crippen molar-refractivity contribution in [2.45, 2.75) is 0 Å². The van der Waals surface area contributed by atoms with Crippen molar-refractivity contribution in [3.05, 3.63) is 59.2 Å². The molecule has 0 aliphatic heterocycles. The molecule has 0 saturated carbocycles. The van der Waals surface area contributed by atoms with Crippen LogP contribution in [0.25, 0.3) is 6.08 Å². The van der Waals surface area contributed by atoms with Crippen LogP contribution in [-0.4, -0.2) is 30.7 Å². The number of carbonyl (C=O) groups is 2. The van der Waals surface area contributed by atoms with Gasteiger partial charge in [-0.2, -0.15) is 10.5 Å². The molecule has 8 nitrogen and oxygen atoms in total. The van der Waals surface area contributed by atoms with Crippen molar-refractivity contribution in [2.24, 2.45) is 0 Å². The van der Waals surface area contributed by atoms with Crippen molar-refractivity contribution < 1.29 is 24.2 Å². The van der Waals surface area contributed by atoms with Crippen molar-refractivity contribution in [3.8, 4) is 23.6 Å². The molecule has 0 aliphatic carbocycles. The third-order valence-electron chi connectivity index (χ3n) is 3.55. The lowest BCUT2D eigenvalue weighted by Crippen LogP contribution is -2.13. The number of carboxylic acids is 1. The van der Waals surface area contributed by atoms with Crippen LogP contribution >= 0.6 is 0 Å². The second kappa shape index (κ2) is 9.41. The second-order valence-electron chi connectivity index (χ2n) is 5.36. The Labute approximate surface area is 160 Å². The number of nitriles is 2. The normalized spacial score (nSPS) is 10.3. The molecule has 0 saturated heterocycles. The molecular weight excluding hydrogens is 362 g/mol. The number of aromatic carboxylic acids is 1. The standard InChI is InChI=1S/C20H15N3O5/c1-27-18-11-13(2-7-17(18)28-9-8-21)10-15(12-22)19(24)23-16-5-3-14(4-6-16)20(25)26/h2-7,10-11H,9H2,1H3,(H,23,24)(H,25,26)/b15-10+. The van der Waals surface area contributed by atoms with Crippen LogP contribution < -0.4 is 14.8 Å². The van der Waals surface area contributed by atoms with Crippen LogP contribution in [-0.2, 0) is 4.79 Å². The lowest BCUT2D eigenvalue weighted by molar-refractivity contribution is -0.112. The van der Waals surface area contributed by atoms with Gasteiger partial charge in [0.2, 0.25) is 0 Å². The average molecular weight is 377 g/mol. The van der Waals surface area contributed by atoms with Gasteiger partial charge in [0, 0.05) is 5.69 Å². The van der Waals surface area contributed by atoms with E-state index in [4.69, 9.17) is 19.8 Å². The number of nitrogens with one attached hydrogen (secondary N) is 1. The fourth-order valence-electron chi connectivity index (χ4n) is 2.21. The first-order valence-corrected chi connectivity index (χ1v) is 7.92. The summed E-state index contributed by atoms with van der Waals surface area (Å²) in [5.74, 6) is -1.00. The highest BCUT2D eigenvalue weighted by Crippen LogP contribution is 2.29. The molecular formula is C20H15N3O5. The van der Waals surface area contributed by atoms with Gasteiger partial charge in [0.05, 0.1) is 12.7 Å². The predicted molar refractivity (Wildman–Crippen MR) is 99.7 cm³/mol. The molecule has 0 aliphatic rings. The Morgan fingerprint density at radius 1 is 1.14 bits per heavy atom. The van der Waals surface area contributed by atoms with Gasteiger partial charge in [-0.25, -0.2) is 4.79 Å². The van der Waals surface area contributed by atoms with Gasteiger partial charge < -0.3 is 19.9 Å². The first-order chi connectivity index (χ1) is 13.5. The van der Waals surface area contributed by atoms with Gasteiger partial charge in [-0.05, 0) is 48.0 Å². The van der Waals surface area contributed by atoms with E-state index >= 15 is 0 Å². The number of hydrogen-bond donors (Lipinski definition) is 2. The Bertz CT molecular complexity index is 998. The molecule has 0 spiro atoms. The van der Waals surface area contributed by atoms with Gasteiger partial charge in [-0.15, -0.1) is 0 Å². The van der Waals surface area contributed by atoms with Crippen molar-refractivity contribution in [1.82, 2.24) is 0 Å². The fourth-order valence-corrected chi connectivity index (χ4v) is 2.21. The van der Waals surface area contributed by atoms with Crippen LogP contribution in [0.5, 0.6) is 11.5 Å². The van der Waals surface area contributed by atoms with E-state index in [0.29, 0.717) is 22.7 Å². The molecule has 0 fully saturated rings. The first kappa shape index (κ1) is 20.0. The van der Waals surface area contributed by atoms with Gasteiger partial charge in [0.1, 0.15) is 17.7 Å². The third kappa shape index (κ3) is 5.10. The zero-order valence-electron chi connectivity index (χ0n) is 14.8. The third-order valence-corrected chi connectivity index (χ3v) is 3.55.